The summed E-state index contributed by atoms with van der Waals surface area (Å²) in [6.07, 6.45) is 1.97. The van der Waals surface area contributed by atoms with Crippen molar-refractivity contribution >= 4 is 28.5 Å². The van der Waals surface area contributed by atoms with Gasteiger partial charge in [-0.25, -0.2) is 4.98 Å². The molecule has 0 amide bonds. The average Bonchev–Trinajstić information content (AvgIpc) is 2.55. The van der Waals surface area contributed by atoms with Crippen molar-refractivity contribution in [2.75, 3.05) is 12.0 Å². The molecule has 0 spiro atoms. The number of benzene rings is 1. The number of pyridine rings is 2. The van der Waals surface area contributed by atoms with Crippen molar-refractivity contribution in [2.24, 2.45) is 0 Å². The first-order valence-corrected chi connectivity index (χ1v) is 8.31. The van der Waals surface area contributed by atoms with Gasteiger partial charge in [-0.05, 0) is 37.4 Å². The number of aromatic nitrogens is 2. The monoisotopic (exact) mass is 311 g/mol. The number of rotatable bonds is 3. The molecule has 22 heavy (non-hydrogen) atoms. The van der Waals surface area contributed by atoms with E-state index in [1.165, 1.54) is 0 Å². The lowest BCUT2D eigenvalue weighted by Crippen LogP contribution is -2.12. The number of nitrogen functional groups attached to an aromatic ring is 1. The first kappa shape index (κ1) is 14.7. The van der Waals surface area contributed by atoms with Crippen LogP contribution in [-0.2, 0) is 6.54 Å². The highest BCUT2D eigenvalue weighted by Gasteiger charge is 2.10. The molecule has 0 bridgehead atoms. The quantitative estimate of drug-likeness (QED) is 0.595. The molecule has 4 nitrogen and oxygen atoms in total. The maximum absolute atomic E-state index is 12.2. The number of hydrogen-bond donors (Lipinski definition) is 1. The molecule has 0 radical (unpaired) electrons. The van der Waals surface area contributed by atoms with E-state index >= 15 is 0 Å². The van der Waals surface area contributed by atoms with E-state index in [4.69, 9.17) is 10.7 Å². The molecule has 2 heterocycles. The summed E-state index contributed by atoms with van der Waals surface area (Å²) in [5.74, 6) is 0. The summed E-state index contributed by atoms with van der Waals surface area (Å²) in [6, 6.07) is 13.0. The van der Waals surface area contributed by atoms with Crippen LogP contribution >= 0.6 is 11.8 Å². The Kier molecular flexibility index (Phi) is 3.90. The van der Waals surface area contributed by atoms with Gasteiger partial charge in [-0.2, -0.15) is 0 Å². The largest absolute Gasteiger partial charge is 0.399 e. The Balaban J connectivity index is 2.28. The van der Waals surface area contributed by atoms with E-state index in [1.807, 2.05) is 42.7 Å². The minimum Gasteiger partial charge on any atom is -0.399 e. The molecule has 2 aromatic heterocycles. The second-order valence-electron chi connectivity index (χ2n) is 4.98. The number of aryl methyl sites for hydroxylation is 1. The van der Waals surface area contributed by atoms with Crippen molar-refractivity contribution < 1.29 is 0 Å². The molecule has 3 rings (SSSR count). The second kappa shape index (κ2) is 5.85. The molecule has 0 fully saturated rings. The number of nitrogens with two attached hydrogens (primary N) is 1. The third-order valence-corrected chi connectivity index (χ3v) is 4.41. The minimum absolute atomic E-state index is 0.0143. The molecule has 3 aromatic rings. The van der Waals surface area contributed by atoms with Crippen LogP contribution in [0.15, 0.2) is 52.3 Å². The molecule has 0 aliphatic heterocycles. The molecule has 0 aliphatic rings. The van der Waals surface area contributed by atoms with E-state index in [2.05, 4.69) is 11.5 Å². The second-order valence-corrected chi connectivity index (χ2v) is 5.81. The van der Waals surface area contributed by atoms with Gasteiger partial charge in [-0.15, -0.1) is 11.8 Å². The van der Waals surface area contributed by atoms with E-state index in [0.717, 1.165) is 34.2 Å². The minimum atomic E-state index is 0.0143. The smallest absolute Gasteiger partial charge is 0.192 e. The van der Waals surface area contributed by atoms with Gasteiger partial charge < -0.3 is 10.3 Å². The summed E-state index contributed by atoms with van der Waals surface area (Å²) in [4.78, 5) is 17.0. The lowest BCUT2D eigenvalue weighted by Gasteiger charge is -2.13. The zero-order valence-corrected chi connectivity index (χ0v) is 13.4. The lowest BCUT2D eigenvalue weighted by atomic mass is 10.1. The summed E-state index contributed by atoms with van der Waals surface area (Å²) >= 11 is 1.56. The predicted molar refractivity (Wildman–Crippen MR) is 93.3 cm³/mol. The van der Waals surface area contributed by atoms with Crippen molar-refractivity contribution in [2.45, 2.75) is 18.5 Å². The van der Waals surface area contributed by atoms with Crippen molar-refractivity contribution in [3.63, 3.8) is 0 Å². The number of fused-ring (bicyclic) bond motifs is 1. The Labute approximate surface area is 133 Å². The Hall–Kier alpha value is -2.27. The fourth-order valence-electron chi connectivity index (χ4n) is 2.51. The fourth-order valence-corrected chi connectivity index (χ4v) is 3.17. The average molecular weight is 311 g/mol. The van der Waals surface area contributed by atoms with Gasteiger partial charge in [0.25, 0.3) is 0 Å². The van der Waals surface area contributed by atoms with E-state index in [-0.39, 0.29) is 5.43 Å². The first-order valence-electron chi connectivity index (χ1n) is 7.08. The Morgan fingerprint density at radius 3 is 2.55 bits per heavy atom. The summed E-state index contributed by atoms with van der Waals surface area (Å²) < 4.78 is 2.07. The van der Waals surface area contributed by atoms with Gasteiger partial charge in [0.2, 0.25) is 0 Å². The Bertz CT molecular complexity index is 885. The van der Waals surface area contributed by atoms with E-state index in [0.29, 0.717) is 5.39 Å². The summed E-state index contributed by atoms with van der Waals surface area (Å²) in [5.41, 5.74) is 9.02. The molecular formula is C17H17N3OS. The summed E-state index contributed by atoms with van der Waals surface area (Å²) in [7, 11) is 0. The van der Waals surface area contributed by atoms with Gasteiger partial charge >= 0.3 is 0 Å². The Morgan fingerprint density at radius 1 is 1.18 bits per heavy atom. The third-order valence-electron chi connectivity index (χ3n) is 3.65. The first-order chi connectivity index (χ1) is 10.6. The van der Waals surface area contributed by atoms with Crippen LogP contribution in [0, 0.1) is 0 Å². The molecule has 5 heteroatoms. The maximum Gasteiger partial charge on any atom is 0.192 e. The van der Waals surface area contributed by atoms with Gasteiger partial charge in [0.15, 0.2) is 5.43 Å². The van der Waals surface area contributed by atoms with Gasteiger partial charge in [0.1, 0.15) is 5.65 Å². The molecule has 0 unspecified atom stereocenters. The van der Waals surface area contributed by atoms with Crippen molar-refractivity contribution in [1.82, 2.24) is 9.55 Å². The zero-order valence-electron chi connectivity index (χ0n) is 12.5. The van der Waals surface area contributed by atoms with E-state index in [9.17, 15) is 4.79 Å². The van der Waals surface area contributed by atoms with Crippen LogP contribution in [0.2, 0.25) is 0 Å². The standard InChI is InChI=1S/C17H17N3OS/c1-3-20-16(22-2)10-15(21)13-8-9-14(19-17(13)20)11-4-6-12(18)7-5-11/h4-10H,3,18H2,1-2H3. The molecular weight excluding hydrogens is 294 g/mol. The number of thioether (sulfide) groups is 1. The topological polar surface area (TPSA) is 60.9 Å². The highest BCUT2D eigenvalue weighted by molar-refractivity contribution is 7.98. The SMILES string of the molecule is CCn1c(SC)cc(=O)c2ccc(-c3ccc(N)cc3)nc21. The molecule has 0 saturated heterocycles. The van der Waals surface area contributed by atoms with Crippen LogP contribution in [0.5, 0.6) is 0 Å². The summed E-state index contributed by atoms with van der Waals surface area (Å²) in [6.45, 7) is 2.83. The van der Waals surface area contributed by atoms with Crippen LogP contribution in [0.3, 0.4) is 0 Å². The van der Waals surface area contributed by atoms with E-state index < -0.39 is 0 Å². The van der Waals surface area contributed by atoms with E-state index in [1.54, 1.807) is 17.8 Å². The molecule has 0 saturated carbocycles. The predicted octanol–water partition coefficient (Wildman–Crippen LogP) is 3.39. The molecule has 112 valence electrons. The van der Waals surface area contributed by atoms with Gasteiger partial charge in [-0.3, -0.25) is 4.79 Å². The van der Waals surface area contributed by atoms with Gasteiger partial charge in [-0.1, -0.05) is 12.1 Å². The number of anilines is 1. The third kappa shape index (κ3) is 2.48. The fraction of sp³-hybridized carbons (Fsp3) is 0.176. The highest BCUT2D eigenvalue weighted by atomic mass is 32.2. The maximum atomic E-state index is 12.2. The normalized spacial score (nSPS) is 11.0. The van der Waals surface area contributed by atoms with Crippen molar-refractivity contribution in [3.8, 4) is 11.3 Å². The van der Waals surface area contributed by atoms with Crippen molar-refractivity contribution in [3.05, 3.63) is 52.7 Å². The van der Waals surface area contributed by atoms with Crippen LogP contribution in [0.4, 0.5) is 5.69 Å². The Morgan fingerprint density at radius 2 is 1.91 bits per heavy atom. The molecule has 0 atom stereocenters. The van der Waals surface area contributed by atoms with Crippen LogP contribution in [-0.4, -0.2) is 15.8 Å². The van der Waals surface area contributed by atoms with Crippen LogP contribution in [0.25, 0.3) is 22.3 Å². The summed E-state index contributed by atoms with van der Waals surface area (Å²) in [5, 5.41) is 1.58. The lowest BCUT2D eigenvalue weighted by molar-refractivity contribution is 0.707. The van der Waals surface area contributed by atoms with Gasteiger partial charge in [0.05, 0.1) is 16.1 Å². The number of hydrogen-bond acceptors (Lipinski definition) is 4. The highest BCUT2D eigenvalue weighted by Crippen LogP contribution is 2.23. The molecule has 2 N–H and O–H groups in total. The zero-order chi connectivity index (χ0) is 15.7. The van der Waals surface area contributed by atoms with Crippen molar-refractivity contribution in [1.29, 1.82) is 0 Å². The van der Waals surface area contributed by atoms with Gasteiger partial charge in [0, 0.05) is 23.9 Å². The molecule has 0 aliphatic carbocycles. The van der Waals surface area contributed by atoms with Crippen LogP contribution in [0.1, 0.15) is 6.92 Å². The van der Waals surface area contributed by atoms with Crippen LogP contribution < -0.4 is 11.2 Å². The number of nitrogens with zero attached hydrogens (tertiary/aromatic N) is 2. The molecule has 1 aromatic carbocycles.